The molecule has 0 bridgehead atoms. The van der Waals surface area contributed by atoms with Crippen molar-refractivity contribution < 1.29 is 9.52 Å². The molecule has 0 radical (unpaired) electrons. The molecule has 0 aliphatic rings. The third-order valence-corrected chi connectivity index (χ3v) is 5.51. The minimum atomic E-state index is -0.283. The standard InChI is InChI=1S/C23H16N6O3S/c30-17-7-5-15(6-8-17)13-25-29-20(26-19-4-2-1-3-18(19)22(29)31)14-33-23-28-27-21(32-23)16-9-11-24-12-10-16/h1-13,30H,14H2/b25-13+. The summed E-state index contributed by atoms with van der Waals surface area (Å²) in [6.45, 7) is 0. The normalized spacial score (nSPS) is 11.4. The highest BCUT2D eigenvalue weighted by Crippen LogP contribution is 2.25. The smallest absolute Gasteiger partial charge is 0.282 e. The van der Waals surface area contributed by atoms with Gasteiger partial charge in [0, 0.05) is 18.0 Å². The van der Waals surface area contributed by atoms with Crippen LogP contribution in [-0.2, 0) is 5.75 Å². The van der Waals surface area contributed by atoms with Crippen LogP contribution < -0.4 is 5.56 Å². The molecule has 0 atom stereocenters. The maximum Gasteiger partial charge on any atom is 0.282 e. The molecular formula is C23H16N6O3S. The Bertz CT molecular complexity index is 1500. The van der Waals surface area contributed by atoms with Crippen LogP contribution >= 0.6 is 11.8 Å². The number of aromatic hydroxyl groups is 1. The Morgan fingerprint density at radius 1 is 1.03 bits per heavy atom. The van der Waals surface area contributed by atoms with E-state index < -0.39 is 0 Å². The maximum absolute atomic E-state index is 13.1. The van der Waals surface area contributed by atoms with Gasteiger partial charge in [-0.25, -0.2) is 4.98 Å². The molecule has 0 saturated carbocycles. The van der Waals surface area contributed by atoms with Crippen LogP contribution in [0.25, 0.3) is 22.4 Å². The lowest BCUT2D eigenvalue weighted by atomic mass is 10.2. The van der Waals surface area contributed by atoms with E-state index in [-0.39, 0.29) is 17.1 Å². The molecule has 0 aliphatic heterocycles. The highest BCUT2D eigenvalue weighted by atomic mass is 32.2. The molecule has 5 aromatic rings. The molecule has 3 heterocycles. The zero-order valence-electron chi connectivity index (χ0n) is 17.1. The molecule has 3 aromatic heterocycles. The Morgan fingerprint density at radius 3 is 2.64 bits per heavy atom. The summed E-state index contributed by atoms with van der Waals surface area (Å²) in [5.74, 6) is 1.25. The van der Waals surface area contributed by atoms with Crippen molar-refractivity contribution in [1.29, 1.82) is 0 Å². The first kappa shape index (κ1) is 20.6. The van der Waals surface area contributed by atoms with Gasteiger partial charge in [-0.15, -0.1) is 10.2 Å². The summed E-state index contributed by atoms with van der Waals surface area (Å²) in [5, 5.41) is 22.8. The molecule has 10 heteroatoms. The Kier molecular flexibility index (Phi) is 5.64. The summed E-state index contributed by atoms with van der Waals surface area (Å²) in [5.41, 5.74) is 1.79. The fourth-order valence-corrected chi connectivity index (χ4v) is 3.75. The summed E-state index contributed by atoms with van der Waals surface area (Å²) < 4.78 is 6.99. The largest absolute Gasteiger partial charge is 0.508 e. The van der Waals surface area contributed by atoms with Crippen molar-refractivity contribution >= 4 is 28.9 Å². The number of nitrogens with zero attached hydrogens (tertiary/aromatic N) is 6. The van der Waals surface area contributed by atoms with Gasteiger partial charge in [-0.05, 0) is 54.1 Å². The summed E-state index contributed by atoms with van der Waals surface area (Å²) in [7, 11) is 0. The van der Waals surface area contributed by atoms with E-state index in [1.807, 2.05) is 6.07 Å². The number of phenolic OH excluding ortho intramolecular Hbond substituents is 1. The molecule has 33 heavy (non-hydrogen) atoms. The van der Waals surface area contributed by atoms with Gasteiger partial charge in [0.25, 0.3) is 10.8 Å². The number of phenols is 1. The third kappa shape index (κ3) is 4.51. The van der Waals surface area contributed by atoms with Crippen molar-refractivity contribution in [2.24, 2.45) is 5.10 Å². The first-order valence-electron chi connectivity index (χ1n) is 9.88. The molecule has 0 aliphatic carbocycles. The molecule has 0 amide bonds. The zero-order valence-corrected chi connectivity index (χ0v) is 17.9. The van der Waals surface area contributed by atoms with Gasteiger partial charge in [-0.3, -0.25) is 9.78 Å². The lowest BCUT2D eigenvalue weighted by Gasteiger charge is -2.08. The number of benzene rings is 2. The van der Waals surface area contributed by atoms with Crippen LogP contribution in [0.4, 0.5) is 0 Å². The fourth-order valence-electron chi connectivity index (χ4n) is 3.07. The molecule has 1 N–H and O–H groups in total. The number of fused-ring (bicyclic) bond motifs is 1. The molecule has 0 saturated heterocycles. The van der Waals surface area contributed by atoms with Gasteiger partial charge < -0.3 is 9.52 Å². The van der Waals surface area contributed by atoms with Gasteiger partial charge >= 0.3 is 0 Å². The number of hydrogen-bond acceptors (Lipinski definition) is 9. The Hall–Kier alpha value is -4.31. The Labute approximate surface area is 191 Å². The summed E-state index contributed by atoms with van der Waals surface area (Å²) in [6.07, 6.45) is 4.84. The summed E-state index contributed by atoms with van der Waals surface area (Å²) >= 11 is 1.26. The number of aromatic nitrogens is 5. The first-order valence-corrected chi connectivity index (χ1v) is 10.9. The van der Waals surface area contributed by atoms with Crippen LogP contribution in [0.2, 0.25) is 0 Å². The molecule has 0 spiro atoms. The van der Waals surface area contributed by atoms with Crippen LogP contribution in [0.15, 0.2) is 92.6 Å². The van der Waals surface area contributed by atoms with E-state index in [0.717, 1.165) is 11.1 Å². The molecule has 5 rings (SSSR count). The number of rotatable bonds is 6. The monoisotopic (exact) mass is 456 g/mol. The van der Waals surface area contributed by atoms with Gasteiger partial charge in [-0.1, -0.05) is 23.9 Å². The van der Waals surface area contributed by atoms with Gasteiger partial charge in [0.05, 0.1) is 22.9 Å². The molecule has 0 fully saturated rings. The van der Waals surface area contributed by atoms with E-state index in [4.69, 9.17) is 4.42 Å². The molecule has 2 aromatic carbocycles. The second kappa shape index (κ2) is 9.05. The van der Waals surface area contributed by atoms with E-state index in [0.29, 0.717) is 27.8 Å². The highest BCUT2D eigenvalue weighted by Gasteiger charge is 2.14. The van der Waals surface area contributed by atoms with Crippen molar-refractivity contribution in [3.8, 4) is 17.2 Å². The van der Waals surface area contributed by atoms with Crippen LogP contribution in [0.1, 0.15) is 11.4 Å². The van der Waals surface area contributed by atoms with Crippen molar-refractivity contribution in [2.75, 3.05) is 0 Å². The third-order valence-electron chi connectivity index (χ3n) is 4.69. The van der Waals surface area contributed by atoms with E-state index in [1.54, 1.807) is 73.2 Å². The molecular weight excluding hydrogens is 440 g/mol. The van der Waals surface area contributed by atoms with Gasteiger partial charge in [0.15, 0.2) is 0 Å². The average Bonchev–Trinajstić information content (AvgIpc) is 3.33. The quantitative estimate of drug-likeness (QED) is 0.303. The number of thioether (sulfide) groups is 1. The molecule has 9 nitrogen and oxygen atoms in total. The number of pyridine rings is 1. The first-order chi connectivity index (χ1) is 16.2. The van der Waals surface area contributed by atoms with Gasteiger partial charge in [0.1, 0.15) is 11.6 Å². The second-order valence-corrected chi connectivity index (χ2v) is 7.82. The Morgan fingerprint density at radius 2 is 1.82 bits per heavy atom. The zero-order chi connectivity index (χ0) is 22.6. The van der Waals surface area contributed by atoms with Crippen LogP contribution in [0.5, 0.6) is 5.75 Å². The highest BCUT2D eigenvalue weighted by molar-refractivity contribution is 7.98. The summed E-state index contributed by atoms with van der Waals surface area (Å²) in [4.78, 5) is 21.7. The van der Waals surface area contributed by atoms with Crippen LogP contribution in [0, 0.1) is 0 Å². The lowest BCUT2D eigenvalue weighted by molar-refractivity contribution is 0.465. The van der Waals surface area contributed by atoms with Crippen molar-refractivity contribution in [3.63, 3.8) is 0 Å². The minimum absolute atomic E-state index is 0.152. The van der Waals surface area contributed by atoms with E-state index >= 15 is 0 Å². The SMILES string of the molecule is O=c1c2ccccc2nc(CSc2nnc(-c3ccncc3)o2)n1/N=C/c1ccc(O)cc1. The Balaban J connectivity index is 1.46. The average molecular weight is 456 g/mol. The van der Waals surface area contributed by atoms with Gasteiger partial charge in [-0.2, -0.15) is 9.78 Å². The van der Waals surface area contributed by atoms with Crippen LogP contribution in [0.3, 0.4) is 0 Å². The summed E-state index contributed by atoms with van der Waals surface area (Å²) in [6, 6.07) is 17.2. The van der Waals surface area contributed by atoms with Crippen LogP contribution in [-0.4, -0.2) is 36.2 Å². The van der Waals surface area contributed by atoms with Crippen molar-refractivity contribution in [3.05, 3.63) is 94.8 Å². The predicted molar refractivity (Wildman–Crippen MR) is 124 cm³/mol. The topological polar surface area (TPSA) is 119 Å². The predicted octanol–water partition coefficient (Wildman–Crippen LogP) is 3.72. The lowest BCUT2D eigenvalue weighted by Crippen LogP contribution is -2.22. The minimum Gasteiger partial charge on any atom is -0.508 e. The van der Waals surface area contributed by atoms with E-state index in [1.165, 1.54) is 16.4 Å². The van der Waals surface area contributed by atoms with E-state index in [2.05, 4.69) is 25.3 Å². The molecule has 0 unspecified atom stereocenters. The van der Waals surface area contributed by atoms with E-state index in [9.17, 15) is 9.90 Å². The number of para-hydroxylation sites is 1. The number of hydrogen-bond donors (Lipinski definition) is 1. The molecule has 162 valence electrons. The fraction of sp³-hybridized carbons (Fsp3) is 0.0435. The van der Waals surface area contributed by atoms with Crippen molar-refractivity contribution in [1.82, 2.24) is 24.8 Å². The maximum atomic E-state index is 13.1. The second-order valence-electron chi connectivity index (χ2n) is 6.90. The van der Waals surface area contributed by atoms with Crippen molar-refractivity contribution in [2.45, 2.75) is 11.0 Å². The van der Waals surface area contributed by atoms with Gasteiger partial charge in [0.2, 0.25) is 5.89 Å².